The summed E-state index contributed by atoms with van der Waals surface area (Å²) in [5, 5.41) is 3.43. The average Bonchev–Trinajstić information content (AvgIpc) is 2.62. The van der Waals surface area contributed by atoms with Crippen molar-refractivity contribution in [2.24, 2.45) is 4.99 Å². The van der Waals surface area contributed by atoms with E-state index in [9.17, 15) is 13.2 Å². The molecule has 0 bridgehead atoms. The highest BCUT2D eigenvalue weighted by Crippen LogP contribution is 2.33. The topological polar surface area (TPSA) is 40.1 Å². The van der Waals surface area contributed by atoms with Crippen molar-refractivity contribution in [3.8, 4) is 0 Å². The van der Waals surface area contributed by atoms with Crippen LogP contribution in [0.2, 0.25) is 0 Å². The number of rotatable bonds is 4. The van der Waals surface area contributed by atoms with Gasteiger partial charge < -0.3 is 15.0 Å². The predicted octanol–water partition coefficient (Wildman–Crippen LogP) is 2.04. The number of hydrogen-bond donors (Lipinski definition) is 1. The van der Waals surface area contributed by atoms with E-state index in [1.54, 1.807) is 7.05 Å². The molecule has 2 aliphatic heterocycles. The molecular weight excluding hydrogens is 353 g/mol. The minimum atomic E-state index is -4.17. The molecule has 146 valence electrons. The van der Waals surface area contributed by atoms with Gasteiger partial charge in [0.2, 0.25) is 0 Å². The summed E-state index contributed by atoms with van der Waals surface area (Å²) in [6, 6.07) is -1.40. The zero-order chi connectivity index (χ0) is 18.5. The van der Waals surface area contributed by atoms with Gasteiger partial charge in [-0.3, -0.25) is 9.89 Å². The largest absolute Gasteiger partial charge is 0.403 e. The highest BCUT2D eigenvalue weighted by molar-refractivity contribution is 8.00. The molecule has 0 aromatic carbocycles. The number of nitrogens with zero attached hydrogens (tertiary/aromatic N) is 3. The maximum absolute atomic E-state index is 12.9. The quantitative estimate of drug-likeness (QED) is 0.595. The van der Waals surface area contributed by atoms with Crippen molar-refractivity contribution in [2.75, 3.05) is 59.2 Å². The first-order valence-electron chi connectivity index (χ1n) is 8.70. The first-order valence-corrected chi connectivity index (χ1v) is 9.93. The molecule has 25 heavy (non-hydrogen) atoms. The van der Waals surface area contributed by atoms with E-state index in [0.29, 0.717) is 26.2 Å². The third-order valence-corrected chi connectivity index (χ3v) is 6.67. The zero-order valence-corrected chi connectivity index (χ0v) is 16.0. The minimum Gasteiger partial charge on any atom is -0.381 e. The molecule has 1 N–H and O–H groups in total. The normalized spacial score (nSPS) is 24.2. The Labute approximate surface area is 152 Å². The van der Waals surface area contributed by atoms with E-state index in [4.69, 9.17) is 4.74 Å². The lowest BCUT2D eigenvalue weighted by Gasteiger charge is -2.41. The van der Waals surface area contributed by atoms with Crippen molar-refractivity contribution in [1.29, 1.82) is 0 Å². The Hall–Kier alpha value is -0.670. The number of hydrogen-bond acceptors (Lipinski definition) is 4. The van der Waals surface area contributed by atoms with Crippen LogP contribution in [0.3, 0.4) is 0 Å². The number of guanidine groups is 1. The number of ether oxygens (including phenoxy) is 1. The number of aliphatic imine (C=N–C) groups is 1. The van der Waals surface area contributed by atoms with Crippen LogP contribution in [0.1, 0.15) is 19.8 Å². The molecule has 0 aromatic rings. The third-order valence-electron chi connectivity index (χ3n) is 5.25. The Bertz CT molecular complexity index is 447. The van der Waals surface area contributed by atoms with E-state index < -0.39 is 12.2 Å². The maximum atomic E-state index is 12.9. The highest BCUT2D eigenvalue weighted by Gasteiger charge is 2.41. The number of nitrogens with one attached hydrogen (secondary N) is 1. The summed E-state index contributed by atoms with van der Waals surface area (Å²) in [5.74, 6) is 0.777. The smallest absolute Gasteiger partial charge is 0.381 e. The fourth-order valence-corrected chi connectivity index (χ4v) is 4.09. The Morgan fingerprint density at radius 2 is 1.84 bits per heavy atom. The summed E-state index contributed by atoms with van der Waals surface area (Å²) in [6.07, 6.45) is -0.0625. The van der Waals surface area contributed by atoms with E-state index in [1.807, 2.05) is 16.7 Å². The van der Waals surface area contributed by atoms with E-state index >= 15 is 0 Å². The molecule has 0 aromatic heterocycles. The van der Waals surface area contributed by atoms with E-state index in [1.165, 1.54) is 11.8 Å². The second-order valence-electron chi connectivity index (χ2n) is 6.64. The van der Waals surface area contributed by atoms with Crippen molar-refractivity contribution < 1.29 is 17.9 Å². The molecule has 0 spiro atoms. The maximum Gasteiger partial charge on any atom is 0.403 e. The van der Waals surface area contributed by atoms with Gasteiger partial charge in [0, 0.05) is 57.7 Å². The van der Waals surface area contributed by atoms with Crippen LogP contribution in [0.5, 0.6) is 0 Å². The van der Waals surface area contributed by atoms with Crippen LogP contribution in [0.4, 0.5) is 13.2 Å². The SMILES string of the molecule is CN=C(NCC1(SC)CCOCC1)N1CCN(C(C)C(F)(F)F)CC1. The van der Waals surface area contributed by atoms with Crippen LogP contribution in [0.25, 0.3) is 0 Å². The van der Waals surface area contributed by atoms with Crippen LogP contribution in [-0.4, -0.2) is 92.0 Å². The summed E-state index contributed by atoms with van der Waals surface area (Å²) in [6.45, 7) is 5.46. The standard InChI is InChI=1S/C16H29F3N4OS/c1-13(16(17,18)19)22-6-8-23(9-7-22)14(20-2)21-12-15(25-3)4-10-24-11-5-15/h13H,4-12H2,1-3H3,(H,20,21). The summed E-state index contributed by atoms with van der Waals surface area (Å²) in [7, 11) is 1.72. The van der Waals surface area contributed by atoms with Crippen LogP contribution in [-0.2, 0) is 4.74 Å². The fraction of sp³-hybridized carbons (Fsp3) is 0.938. The van der Waals surface area contributed by atoms with Gasteiger partial charge >= 0.3 is 6.18 Å². The molecular formula is C16H29F3N4OS. The van der Waals surface area contributed by atoms with Gasteiger partial charge in [0.05, 0.1) is 0 Å². The van der Waals surface area contributed by atoms with Gasteiger partial charge in [-0.25, -0.2) is 0 Å². The summed E-state index contributed by atoms with van der Waals surface area (Å²) < 4.78 is 44.2. The van der Waals surface area contributed by atoms with Gasteiger partial charge in [0.25, 0.3) is 0 Å². The second-order valence-corrected chi connectivity index (χ2v) is 7.92. The third kappa shape index (κ3) is 5.40. The predicted molar refractivity (Wildman–Crippen MR) is 96.3 cm³/mol. The van der Waals surface area contributed by atoms with Gasteiger partial charge in [-0.05, 0) is 26.0 Å². The number of alkyl halides is 3. The van der Waals surface area contributed by atoms with Crippen molar-refractivity contribution in [1.82, 2.24) is 15.1 Å². The van der Waals surface area contributed by atoms with Gasteiger partial charge in [-0.2, -0.15) is 24.9 Å². The Kier molecular flexibility index (Phi) is 7.28. The summed E-state index contributed by atoms with van der Waals surface area (Å²) in [4.78, 5) is 7.87. The Balaban J connectivity index is 1.86. The first kappa shape index (κ1) is 20.6. The molecule has 0 amide bonds. The van der Waals surface area contributed by atoms with Gasteiger partial charge in [-0.15, -0.1) is 0 Å². The van der Waals surface area contributed by atoms with Crippen molar-refractivity contribution in [3.05, 3.63) is 0 Å². The molecule has 2 saturated heterocycles. The number of halogens is 3. The van der Waals surface area contributed by atoms with Crippen molar-refractivity contribution in [3.63, 3.8) is 0 Å². The molecule has 2 fully saturated rings. The average molecular weight is 382 g/mol. The lowest BCUT2D eigenvalue weighted by molar-refractivity contribution is -0.181. The fourth-order valence-electron chi connectivity index (χ4n) is 3.30. The van der Waals surface area contributed by atoms with Crippen LogP contribution >= 0.6 is 11.8 Å². The van der Waals surface area contributed by atoms with E-state index in [0.717, 1.165) is 38.6 Å². The first-order chi connectivity index (χ1) is 11.8. The molecule has 9 heteroatoms. The molecule has 0 saturated carbocycles. The van der Waals surface area contributed by atoms with Crippen molar-refractivity contribution >= 4 is 17.7 Å². The lowest BCUT2D eigenvalue weighted by atomic mass is 9.99. The molecule has 0 radical (unpaired) electrons. The molecule has 5 nitrogen and oxygen atoms in total. The second kappa shape index (κ2) is 8.81. The van der Waals surface area contributed by atoms with Crippen LogP contribution < -0.4 is 5.32 Å². The lowest BCUT2D eigenvalue weighted by Crippen LogP contribution is -2.57. The molecule has 2 aliphatic rings. The van der Waals surface area contributed by atoms with Crippen LogP contribution in [0.15, 0.2) is 4.99 Å². The van der Waals surface area contributed by atoms with E-state index in [-0.39, 0.29) is 4.75 Å². The molecule has 2 rings (SSSR count). The van der Waals surface area contributed by atoms with E-state index in [2.05, 4.69) is 16.6 Å². The highest BCUT2D eigenvalue weighted by atomic mass is 32.2. The van der Waals surface area contributed by atoms with Crippen LogP contribution in [0, 0.1) is 0 Å². The minimum absolute atomic E-state index is 0.140. The Morgan fingerprint density at radius 3 is 2.32 bits per heavy atom. The van der Waals surface area contributed by atoms with Gasteiger partial charge in [-0.1, -0.05) is 0 Å². The monoisotopic (exact) mass is 382 g/mol. The molecule has 0 aliphatic carbocycles. The molecule has 1 unspecified atom stereocenters. The zero-order valence-electron chi connectivity index (χ0n) is 15.2. The van der Waals surface area contributed by atoms with Crippen molar-refractivity contribution in [2.45, 2.75) is 36.7 Å². The van der Waals surface area contributed by atoms with Gasteiger partial charge in [0.1, 0.15) is 6.04 Å². The summed E-state index contributed by atoms with van der Waals surface area (Å²) in [5.41, 5.74) is 0. The number of thioether (sulfide) groups is 1. The molecule has 1 atom stereocenters. The van der Waals surface area contributed by atoms with Gasteiger partial charge in [0.15, 0.2) is 5.96 Å². The summed E-state index contributed by atoms with van der Waals surface area (Å²) >= 11 is 1.85. The Morgan fingerprint density at radius 1 is 1.24 bits per heavy atom. The molecule has 2 heterocycles. The number of piperazine rings is 1.